The summed E-state index contributed by atoms with van der Waals surface area (Å²) in [4.78, 5) is 0. The van der Waals surface area contributed by atoms with E-state index >= 15 is 0 Å². The second kappa shape index (κ2) is 13.0. The van der Waals surface area contributed by atoms with E-state index in [1.54, 1.807) is 6.92 Å². The summed E-state index contributed by atoms with van der Waals surface area (Å²) >= 11 is 0. The molecule has 0 unspecified atom stereocenters. The quantitative estimate of drug-likeness (QED) is 0.281. The van der Waals surface area contributed by atoms with Crippen molar-refractivity contribution < 1.29 is 0 Å². The fourth-order valence-corrected chi connectivity index (χ4v) is 3.51. The van der Waals surface area contributed by atoms with Gasteiger partial charge in [0.2, 0.25) is 0 Å². The minimum absolute atomic E-state index is 0.747. The molecule has 0 aliphatic carbocycles. The Hall–Kier alpha value is -2.23. The molecule has 0 fully saturated rings. The zero-order valence-electron chi connectivity index (χ0n) is 18.2. The molecular weight excluding hydrogens is 347 g/mol. The smallest absolute Gasteiger partial charge is 0.0689 e. The highest BCUT2D eigenvalue weighted by atomic mass is 31.2. The van der Waals surface area contributed by atoms with Crippen molar-refractivity contribution >= 4 is 24.5 Å². The molecule has 0 saturated heterocycles. The highest BCUT2D eigenvalue weighted by Gasteiger charge is 2.14. The van der Waals surface area contributed by atoms with Crippen molar-refractivity contribution in [1.29, 1.82) is 0 Å². The first-order valence-electron chi connectivity index (χ1n) is 9.56. The number of benzene rings is 2. The molecule has 0 amide bonds. The first-order valence-corrected chi connectivity index (χ1v) is 12.2. The third kappa shape index (κ3) is 7.90. The number of para-hydroxylation sites is 1. The van der Waals surface area contributed by atoms with E-state index in [2.05, 4.69) is 62.4 Å². The van der Waals surface area contributed by atoms with E-state index in [0.717, 1.165) is 16.9 Å². The van der Waals surface area contributed by atoms with Gasteiger partial charge in [-0.3, -0.25) is 4.74 Å². The lowest BCUT2D eigenvalue weighted by molar-refractivity contribution is 1.47. The topological polar surface area (TPSA) is 38.4 Å². The van der Waals surface area contributed by atoms with Gasteiger partial charge in [0.05, 0.1) is 5.69 Å². The van der Waals surface area contributed by atoms with Crippen LogP contribution in [0.15, 0.2) is 58.6 Å². The fraction of sp³-hybridized carbons (Fsp3) is 0.333. The Balaban J connectivity index is 0.000000434. The zero-order chi connectivity index (χ0) is 20.9. The van der Waals surface area contributed by atoms with Gasteiger partial charge >= 0.3 is 0 Å². The van der Waals surface area contributed by atoms with Crippen LogP contribution in [-0.4, -0.2) is 13.3 Å². The van der Waals surface area contributed by atoms with E-state index < -0.39 is 7.05 Å². The maximum atomic E-state index is 5.60. The number of hydrogen-bond acceptors (Lipinski definition) is 2. The fourth-order valence-electron chi connectivity index (χ4n) is 2.18. The van der Waals surface area contributed by atoms with Crippen molar-refractivity contribution in [3.8, 4) is 11.8 Å². The summed E-state index contributed by atoms with van der Waals surface area (Å²) in [5.41, 5.74) is 9.68. The summed E-state index contributed by atoms with van der Waals surface area (Å²) in [7, 11) is -1.17. The molecular formula is C24H35N2P. The van der Waals surface area contributed by atoms with Crippen LogP contribution in [0, 0.1) is 11.8 Å². The Bertz CT molecular complexity index is 846. The number of nitrogens with zero attached hydrogens (tertiary/aromatic N) is 1. The van der Waals surface area contributed by atoms with Gasteiger partial charge in [0.25, 0.3) is 0 Å². The van der Waals surface area contributed by atoms with Crippen molar-refractivity contribution in [2.45, 2.75) is 41.5 Å². The standard InChI is InChI=1S/C11H14NP.C9H9N.2C2H6/c1-9-8-10-6-4-5-7-11(10)12-13(9,2)3;1-2-5-8-6-3-4-7-9(8)10;2*1-2/h4-8H,1-3H3;3-4,6-7H,10H2,1H3;2*1-2H3. The summed E-state index contributed by atoms with van der Waals surface area (Å²) in [6, 6.07) is 15.9. The van der Waals surface area contributed by atoms with Gasteiger partial charge < -0.3 is 5.73 Å². The van der Waals surface area contributed by atoms with Crippen molar-refractivity contribution in [1.82, 2.24) is 0 Å². The van der Waals surface area contributed by atoms with Gasteiger partial charge in [-0.05, 0) is 63.8 Å². The highest BCUT2D eigenvalue weighted by molar-refractivity contribution is 7.69. The van der Waals surface area contributed by atoms with Crippen LogP contribution in [0.1, 0.15) is 52.7 Å². The Morgan fingerprint density at radius 3 is 2.04 bits per heavy atom. The molecule has 0 atom stereocenters. The second-order valence-electron chi connectivity index (χ2n) is 5.80. The Morgan fingerprint density at radius 2 is 1.44 bits per heavy atom. The van der Waals surface area contributed by atoms with Crippen LogP contribution in [0.3, 0.4) is 0 Å². The summed E-state index contributed by atoms with van der Waals surface area (Å²) < 4.78 is 4.80. The third-order valence-electron chi connectivity index (χ3n) is 3.74. The maximum Gasteiger partial charge on any atom is 0.0689 e. The van der Waals surface area contributed by atoms with Gasteiger partial charge in [-0.15, -0.1) is 5.92 Å². The van der Waals surface area contributed by atoms with Crippen LogP contribution in [0.2, 0.25) is 0 Å². The van der Waals surface area contributed by atoms with Crippen LogP contribution in [0.5, 0.6) is 0 Å². The predicted octanol–water partition coefficient (Wildman–Crippen LogP) is 7.85. The molecule has 0 aromatic heterocycles. The highest BCUT2D eigenvalue weighted by Crippen LogP contribution is 2.56. The molecule has 0 bridgehead atoms. The molecule has 3 heteroatoms. The van der Waals surface area contributed by atoms with Gasteiger partial charge in [0.1, 0.15) is 0 Å². The molecule has 1 heterocycles. The minimum atomic E-state index is -1.17. The number of allylic oxidation sites excluding steroid dienone is 1. The lowest BCUT2D eigenvalue weighted by atomic mass is 10.2. The SMILES string of the molecule is CC.CC.CC#Cc1ccccc1N.CC1=Cc2ccccc2N=P1(C)C. The minimum Gasteiger partial charge on any atom is -0.398 e. The van der Waals surface area contributed by atoms with Crippen LogP contribution in [0.4, 0.5) is 11.4 Å². The zero-order valence-corrected chi connectivity index (χ0v) is 19.1. The van der Waals surface area contributed by atoms with Crippen molar-refractivity contribution in [2.24, 2.45) is 4.74 Å². The lowest BCUT2D eigenvalue weighted by Crippen LogP contribution is -1.87. The van der Waals surface area contributed by atoms with Crippen molar-refractivity contribution in [3.05, 3.63) is 65.0 Å². The molecule has 27 heavy (non-hydrogen) atoms. The number of hydrogen-bond donors (Lipinski definition) is 1. The molecule has 0 radical (unpaired) electrons. The molecule has 2 nitrogen and oxygen atoms in total. The normalized spacial score (nSPS) is 12.4. The van der Waals surface area contributed by atoms with Crippen molar-refractivity contribution in [3.63, 3.8) is 0 Å². The monoisotopic (exact) mass is 382 g/mol. The second-order valence-corrected chi connectivity index (χ2v) is 9.50. The van der Waals surface area contributed by atoms with Gasteiger partial charge in [0, 0.05) is 16.8 Å². The molecule has 0 saturated carbocycles. The van der Waals surface area contributed by atoms with E-state index in [4.69, 9.17) is 10.5 Å². The van der Waals surface area contributed by atoms with E-state index in [9.17, 15) is 0 Å². The van der Waals surface area contributed by atoms with Gasteiger partial charge in [0.15, 0.2) is 0 Å². The number of nitrogen functional groups attached to an aromatic ring is 1. The van der Waals surface area contributed by atoms with Crippen LogP contribution >= 0.6 is 7.05 Å². The molecule has 0 spiro atoms. The Kier molecular flexibility index (Phi) is 11.9. The molecule has 2 aromatic carbocycles. The third-order valence-corrected chi connectivity index (χ3v) is 6.31. The Labute approximate surface area is 167 Å². The molecule has 3 rings (SSSR count). The Morgan fingerprint density at radius 1 is 0.889 bits per heavy atom. The first-order chi connectivity index (χ1) is 12.9. The largest absolute Gasteiger partial charge is 0.398 e. The van der Waals surface area contributed by atoms with E-state index in [1.165, 1.54) is 10.9 Å². The van der Waals surface area contributed by atoms with Crippen LogP contribution < -0.4 is 5.73 Å². The van der Waals surface area contributed by atoms with E-state index in [-0.39, 0.29) is 0 Å². The first kappa shape index (κ1) is 24.8. The van der Waals surface area contributed by atoms with Gasteiger partial charge in [-0.2, -0.15) is 0 Å². The molecule has 2 N–H and O–H groups in total. The van der Waals surface area contributed by atoms with Crippen LogP contribution in [-0.2, 0) is 0 Å². The van der Waals surface area contributed by atoms with Gasteiger partial charge in [-0.25, -0.2) is 0 Å². The maximum absolute atomic E-state index is 5.60. The van der Waals surface area contributed by atoms with Crippen LogP contribution in [0.25, 0.3) is 6.08 Å². The summed E-state index contributed by atoms with van der Waals surface area (Å²) in [5.74, 6) is 5.70. The number of anilines is 1. The summed E-state index contributed by atoms with van der Waals surface area (Å²) in [6.07, 6.45) is 2.27. The number of nitrogens with two attached hydrogens (primary N) is 1. The van der Waals surface area contributed by atoms with Gasteiger partial charge in [-0.1, -0.05) is 63.9 Å². The number of fused-ring (bicyclic) bond motifs is 1. The summed E-state index contributed by atoms with van der Waals surface area (Å²) in [5, 5.41) is 1.44. The van der Waals surface area contributed by atoms with Crippen molar-refractivity contribution in [2.75, 3.05) is 19.1 Å². The molecule has 2 aromatic rings. The van der Waals surface area contributed by atoms with E-state index in [1.807, 2.05) is 52.0 Å². The molecule has 146 valence electrons. The lowest BCUT2D eigenvalue weighted by Gasteiger charge is -2.20. The molecule has 1 aliphatic rings. The van der Waals surface area contributed by atoms with E-state index in [0.29, 0.717) is 0 Å². The average Bonchev–Trinajstić information content (AvgIpc) is 2.68. The predicted molar refractivity (Wildman–Crippen MR) is 127 cm³/mol. The average molecular weight is 383 g/mol. The summed E-state index contributed by atoms with van der Waals surface area (Å²) in [6.45, 7) is 16.5. The molecule has 1 aliphatic heterocycles. The number of rotatable bonds is 0.